The highest BCUT2D eigenvalue weighted by Crippen LogP contribution is 2.37. The average Bonchev–Trinajstić information content (AvgIpc) is 2.72. The molecule has 0 saturated heterocycles. The number of halogens is 2. The second-order valence-corrected chi connectivity index (χ2v) is 5.35. The van der Waals surface area contributed by atoms with Gasteiger partial charge >= 0.3 is 0 Å². The third kappa shape index (κ3) is 2.74. The molecule has 0 aliphatic heterocycles. The third-order valence-corrected chi connectivity index (χ3v) is 3.96. The van der Waals surface area contributed by atoms with E-state index in [2.05, 4.69) is 27.7 Å². The molecule has 0 saturated carbocycles. The number of rotatable bonds is 4. The lowest BCUT2D eigenvalue weighted by Gasteiger charge is -2.13. The van der Waals surface area contributed by atoms with Crippen LogP contribution >= 0.6 is 34.2 Å². The maximum absolute atomic E-state index is 6.31. The van der Waals surface area contributed by atoms with Gasteiger partial charge in [-0.2, -0.15) is 5.10 Å². The highest BCUT2D eigenvalue weighted by Gasteiger charge is 2.14. The smallest absolute Gasteiger partial charge is 0.179 e. The SMILES string of the molecule is COc1ccc(Cn2ncc(I)c2N)c(Cl)c1OC. The van der Waals surface area contributed by atoms with E-state index in [9.17, 15) is 0 Å². The molecule has 2 N–H and O–H groups in total. The highest BCUT2D eigenvalue weighted by molar-refractivity contribution is 14.1. The van der Waals surface area contributed by atoms with Crippen LogP contribution in [0, 0.1) is 3.57 Å². The standard InChI is InChI=1S/C12H13ClIN3O2/c1-18-9-4-3-7(10(13)11(9)19-2)6-17-12(15)8(14)5-16-17/h3-5H,6,15H2,1-2H3. The summed E-state index contributed by atoms with van der Waals surface area (Å²) in [5, 5.41) is 4.71. The van der Waals surface area contributed by atoms with Gasteiger partial charge in [-0.05, 0) is 34.2 Å². The maximum atomic E-state index is 6.31. The monoisotopic (exact) mass is 393 g/mol. The lowest BCUT2D eigenvalue weighted by molar-refractivity contribution is 0.354. The van der Waals surface area contributed by atoms with E-state index in [1.54, 1.807) is 25.1 Å². The Balaban J connectivity index is 2.38. The molecule has 0 atom stereocenters. The Bertz CT molecular complexity index is 601. The normalized spacial score (nSPS) is 10.5. The molecule has 0 unspecified atom stereocenters. The van der Waals surface area contributed by atoms with Crippen molar-refractivity contribution in [1.29, 1.82) is 0 Å². The number of ether oxygens (including phenoxy) is 2. The van der Waals surface area contributed by atoms with Crippen LogP contribution < -0.4 is 15.2 Å². The Morgan fingerprint density at radius 3 is 2.63 bits per heavy atom. The zero-order valence-corrected chi connectivity index (χ0v) is 13.4. The molecular formula is C12H13ClIN3O2. The van der Waals surface area contributed by atoms with Crippen LogP contribution in [0.2, 0.25) is 5.02 Å². The van der Waals surface area contributed by atoms with Crippen molar-refractivity contribution in [2.24, 2.45) is 0 Å². The minimum atomic E-state index is 0.480. The number of nitrogens with two attached hydrogens (primary N) is 1. The number of nitrogen functional groups attached to an aromatic ring is 1. The van der Waals surface area contributed by atoms with Gasteiger partial charge in [-0.15, -0.1) is 0 Å². The Morgan fingerprint density at radius 2 is 2.11 bits per heavy atom. The number of methoxy groups -OCH3 is 2. The van der Waals surface area contributed by atoms with E-state index in [1.165, 1.54) is 0 Å². The quantitative estimate of drug-likeness (QED) is 0.812. The Morgan fingerprint density at radius 1 is 1.37 bits per heavy atom. The fourth-order valence-corrected chi connectivity index (χ4v) is 2.41. The molecule has 2 rings (SSSR count). The second kappa shape index (κ2) is 5.87. The summed E-state index contributed by atoms with van der Waals surface area (Å²) < 4.78 is 13.1. The molecule has 5 nitrogen and oxygen atoms in total. The van der Waals surface area contributed by atoms with E-state index >= 15 is 0 Å². The van der Waals surface area contributed by atoms with Gasteiger partial charge in [-0.1, -0.05) is 17.7 Å². The zero-order chi connectivity index (χ0) is 14.0. The van der Waals surface area contributed by atoms with E-state index < -0.39 is 0 Å². The first-order valence-corrected chi connectivity index (χ1v) is 6.90. The number of aromatic nitrogens is 2. The summed E-state index contributed by atoms with van der Waals surface area (Å²) in [5.41, 5.74) is 6.79. The van der Waals surface area contributed by atoms with Crippen molar-refractivity contribution in [3.05, 3.63) is 32.5 Å². The van der Waals surface area contributed by atoms with Gasteiger partial charge in [0, 0.05) is 0 Å². The first-order chi connectivity index (χ1) is 9.08. The summed E-state index contributed by atoms with van der Waals surface area (Å²) in [6, 6.07) is 3.68. The van der Waals surface area contributed by atoms with Crippen LogP contribution in [0.15, 0.2) is 18.3 Å². The summed E-state index contributed by atoms with van der Waals surface area (Å²) in [6.07, 6.45) is 1.71. The molecular weight excluding hydrogens is 381 g/mol. The fraction of sp³-hybridized carbons (Fsp3) is 0.250. The van der Waals surface area contributed by atoms with E-state index in [1.807, 2.05) is 12.1 Å². The molecule has 0 fully saturated rings. The van der Waals surface area contributed by atoms with E-state index in [0.29, 0.717) is 28.9 Å². The average molecular weight is 394 g/mol. The molecule has 2 aromatic rings. The van der Waals surface area contributed by atoms with Crippen LogP contribution in [0.4, 0.5) is 5.82 Å². The van der Waals surface area contributed by atoms with Crippen LogP contribution in [0.3, 0.4) is 0 Å². The maximum Gasteiger partial charge on any atom is 0.179 e. The van der Waals surface area contributed by atoms with Crippen molar-refractivity contribution in [3.8, 4) is 11.5 Å². The van der Waals surface area contributed by atoms with Gasteiger partial charge in [0.1, 0.15) is 5.82 Å². The molecule has 102 valence electrons. The summed E-state index contributed by atoms with van der Waals surface area (Å²) in [7, 11) is 3.13. The van der Waals surface area contributed by atoms with Gasteiger partial charge in [0.05, 0.1) is 35.6 Å². The van der Waals surface area contributed by atoms with E-state index in [4.69, 9.17) is 26.8 Å². The molecule has 0 spiro atoms. The predicted octanol–water partition coefficient (Wildman–Crippen LogP) is 2.79. The molecule has 19 heavy (non-hydrogen) atoms. The van der Waals surface area contributed by atoms with Crippen LogP contribution in [0.25, 0.3) is 0 Å². The molecule has 0 bridgehead atoms. The van der Waals surface area contributed by atoms with Gasteiger partial charge in [0.25, 0.3) is 0 Å². The first kappa shape index (κ1) is 14.3. The molecule has 0 aliphatic rings. The Labute approximate surface area is 129 Å². The number of hydrogen-bond acceptors (Lipinski definition) is 4. The third-order valence-electron chi connectivity index (χ3n) is 2.72. The molecule has 7 heteroatoms. The van der Waals surface area contributed by atoms with Gasteiger partial charge in [-0.25, -0.2) is 4.68 Å². The van der Waals surface area contributed by atoms with Crippen LogP contribution in [0.5, 0.6) is 11.5 Å². The number of hydrogen-bond donors (Lipinski definition) is 1. The van der Waals surface area contributed by atoms with E-state index in [-0.39, 0.29) is 0 Å². The molecule has 0 amide bonds. The lowest BCUT2D eigenvalue weighted by atomic mass is 10.2. The molecule has 1 heterocycles. The van der Waals surface area contributed by atoms with Crippen LogP contribution in [0.1, 0.15) is 5.56 Å². The first-order valence-electron chi connectivity index (χ1n) is 5.44. The molecule has 1 aromatic heterocycles. The van der Waals surface area contributed by atoms with Crippen molar-refractivity contribution in [3.63, 3.8) is 0 Å². The van der Waals surface area contributed by atoms with Gasteiger partial charge in [0.2, 0.25) is 0 Å². The van der Waals surface area contributed by atoms with Gasteiger partial charge < -0.3 is 15.2 Å². The summed E-state index contributed by atoms with van der Waals surface area (Å²) in [4.78, 5) is 0. The fourth-order valence-electron chi connectivity index (χ4n) is 1.71. The Kier molecular flexibility index (Phi) is 4.41. The summed E-state index contributed by atoms with van der Waals surface area (Å²) in [6.45, 7) is 0.480. The van der Waals surface area contributed by atoms with Gasteiger partial charge in [-0.3, -0.25) is 0 Å². The lowest BCUT2D eigenvalue weighted by Crippen LogP contribution is -2.07. The number of benzene rings is 1. The van der Waals surface area contributed by atoms with E-state index in [0.717, 1.165) is 9.13 Å². The zero-order valence-electron chi connectivity index (χ0n) is 10.5. The van der Waals surface area contributed by atoms with Crippen LogP contribution in [-0.4, -0.2) is 24.0 Å². The van der Waals surface area contributed by atoms with Crippen LogP contribution in [-0.2, 0) is 6.54 Å². The minimum Gasteiger partial charge on any atom is -0.493 e. The second-order valence-electron chi connectivity index (χ2n) is 3.81. The van der Waals surface area contributed by atoms with Gasteiger partial charge in [0.15, 0.2) is 11.5 Å². The number of anilines is 1. The molecule has 0 radical (unpaired) electrons. The van der Waals surface area contributed by atoms with Crippen molar-refractivity contribution < 1.29 is 9.47 Å². The van der Waals surface area contributed by atoms with Crippen molar-refractivity contribution in [1.82, 2.24) is 9.78 Å². The van der Waals surface area contributed by atoms with Crippen molar-refractivity contribution in [2.75, 3.05) is 20.0 Å². The van der Waals surface area contributed by atoms with Crippen molar-refractivity contribution >= 4 is 40.0 Å². The minimum absolute atomic E-state index is 0.480. The predicted molar refractivity (Wildman–Crippen MR) is 83.0 cm³/mol. The molecule has 0 aliphatic carbocycles. The Hall–Kier alpha value is -1.15. The highest BCUT2D eigenvalue weighted by atomic mass is 127. The molecule has 1 aromatic carbocycles. The largest absolute Gasteiger partial charge is 0.493 e. The number of nitrogens with zero attached hydrogens (tertiary/aromatic N) is 2. The topological polar surface area (TPSA) is 62.3 Å². The van der Waals surface area contributed by atoms with Crippen molar-refractivity contribution in [2.45, 2.75) is 6.54 Å². The summed E-state index contributed by atoms with van der Waals surface area (Å²) >= 11 is 8.45. The summed E-state index contributed by atoms with van der Waals surface area (Å²) in [5.74, 6) is 1.73.